The highest BCUT2D eigenvalue weighted by molar-refractivity contribution is 5.98. The summed E-state index contributed by atoms with van der Waals surface area (Å²) in [5.41, 5.74) is 0.847. The number of ketones is 1. The lowest BCUT2D eigenvalue weighted by atomic mass is 9.96. The van der Waals surface area contributed by atoms with Crippen LogP contribution in [-0.4, -0.2) is 11.9 Å². The minimum absolute atomic E-state index is 0.269. The lowest BCUT2D eigenvalue weighted by Crippen LogP contribution is -2.10. The zero-order valence-corrected chi connectivity index (χ0v) is 10.0. The van der Waals surface area contributed by atoms with Gasteiger partial charge in [0.05, 0.1) is 6.10 Å². The summed E-state index contributed by atoms with van der Waals surface area (Å²) < 4.78 is 5.67. The van der Waals surface area contributed by atoms with E-state index >= 15 is 0 Å². The Morgan fingerprint density at radius 1 is 1.00 bits per heavy atom. The van der Waals surface area contributed by atoms with Gasteiger partial charge in [0.1, 0.15) is 5.75 Å². The first-order chi connectivity index (χ1) is 8.33. The van der Waals surface area contributed by atoms with E-state index in [0.717, 1.165) is 24.2 Å². The van der Waals surface area contributed by atoms with Crippen molar-refractivity contribution in [2.24, 2.45) is 5.92 Å². The lowest BCUT2D eigenvalue weighted by Gasteiger charge is -2.09. The van der Waals surface area contributed by atoms with Crippen LogP contribution in [0.2, 0.25) is 0 Å². The maximum atomic E-state index is 12.2. The molecule has 2 heteroatoms. The largest absolute Gasteiger partial charge is 0.490 e. The first kappa shape index (κ1) is 10.8. The van der Waals surface area contributed by atoms with E-state index < -0.39 is 0 Å². The highest BCUT2D eigenvalue weighted by Gasteiger charge is 2.25. The van der Waals surface area contributed by atoms with Crippen LogP contribution < -0.4 is 4.74 Å². The maximum absolute atomic E-state index is 12.2. The van der Waals surface area contributed by atoms with Crippen molar-refractivity contribution in [3.8, 4) is 5.75 Å². The summed E-state index contributed by atoms with van der Waals surface area (Å²) in [7, 11) is 0. The molecular weight excluding hydrogens is 212 g/mol. The molecule has 0 amide bonds. The molecule has 90 valence electrons. The normalized spacial score (nSPS) is 20.5. The number of hydrogen-bond donors (Lipinski definition) is 0. The minimum Gasteiger partial charge on any atom is -0.490 e. The highest BCUT2D eigenvalue weighted by atomic mass is 16.5. The van der Waals surface area contributed by atoms with Crippen LogP contribution in [0.25, 0.3) is 0 Å². The number of carbonyl (C=O) groups is 1. The van der Waals surface area contributed by atoms with Crippen molar-refractivity contribution < 1.29 is 9.53 Å². The Kier molecular flexibility index (Phi) is 2.87. The summed E-state index contributed by atoms with van der Waals surface area (Å²) in [5.74, 6) is 1.49. The van der Waals surface area contributed by atoms with E-state index in [0.29, 0.717) is 11.9 Å². The van der Waals surface area contributed by atoms with E-state index in [1.54, 1.807) is 0 Å². The fourth-order valence-corrected chi connectivity index (χ4v) is 2.50. The molecular formula is C15H18O2. The number of Topliss-reactive ketones (excluding diaryl/α,β-unsaturated/α-hetero) is 1. The van der Waals surface area contributed by atoms with Crippen molar-refractivity contribution in [1.82, 2.24) is 0 Å². The second-order valence-electron chi connectivity index (χ2n) is 5.19. The minimum atomic E-state index is 0.269. The van der Waals surface area contributed by atoms with Gasteiger partial charge in [0.15, 0.2) is 5.78 Å². The molecule has 0 spiro atoms. The van der Waals surface area contributed by atoms with Crippen LogP contribution in [0.1, 0.15) is 48.9 Å². The van der Waals surface area contributed by atoms with Crippen LogP contribution in [0.4, 0.5) is 0 Å². The van der Waals surface area contributed by atoms with Crippen molar-refractivity contribution in [3.63, 3.8) is 0 Å². The van der Waals surface area contributed by atoms with Crippen molar-refractivity contribution in [3.05, 3.63) is 29.8 Å². The molecule has 17 heavy (non-hydrogen) atoms. The first-order valence-corrected chi connectivity index (χ1v) is 6.64. The van der Waals surface area contributed by atoms with Gasteiger partial charge in [0, 0.05) is 11.5 Å². The number of benzene rings is 1. The Bertz CT molecular complexity index is 397. The second-order valence-corrected chi connectivity index (χ2v) is 5.19. The predicted molar refractivity (Wildman–Crippen MR) is 66.4 cm³/mol. The average Bonchev–Trinajstić information content (AvgIpc) is 3.00. The number of hydrogen-bond acceptors (Lipinski definition) is 2. The molecule has 0 radical (unpaired) electrons. The zero-order valence-electron chi connectivity index (χ0n) is 10.0. The first-order valence-electron chi connectivity index (χ1n) is 6.64. The van der Waals surface area contributed by atoms with Gasteiger partial charge >= 0.3 is 0 Å². The van der Waals surface area contributed by atoms with Crippen molar-refractivity contribution in [2.45, 2.75) is 44.6 Å². The van der Waals surface area contributed by atoms with Crippen LogP contribution in [0.3, 0.4) is 0 Å². The lowest BCUT2D eigenvalue weighted by molar-refractivity contribution is 0.0923. The molecule has 0 heterocycles. The fraction of sp³-hybridized carbons (Fsp3) is 0.533. The summed E-state index contributed by atoms with van der Waals surface area (Å²) in [4.78, 5) is 12.2. The molecule has 0 unspecified atom stereocenters. The van der Waals surface area contributed by atoms with Crippen LogP contribution in [0.5, 0.6) is 5.75 Å². The molecule has 0 N–H and O–H groups in total. The molecule has 2 aliphatic carbocycles. The third-order valence-electron chi connectivity index (χ3n) is 3.69. The second kappa shape index (κ2) is 4.52. The molecule has 2 aliphatic rings. The van der Waals surface area contributed by atoms with Gasteiger partial charge in [-0.15, -0.1) is 0 Å². The van der Waals surface area contributed by atoms with Gasteiger partial charge in [0.2, 0.25) is 0 Å². The molecule has 0 atom stereocenters. The van der Waals surface area contributed by atoms with E-state index in [2.05, 4.69) is 0 Å². The van der Waals surface area contributed by atoms with E-state index in [-0.39, 0.29) is 5.92 Å². The standard InChI is InChI=1S/C15H18O2/c16-15(11-3-1-2-4-11)12-5-7-13(8-6-12)17-14-9-10-14/h5-8,11,14H,1-4,9-10H2. The third-order valence-corrected chi connectivity index (χ3v) is 3.69. The van der Waals surface area contributed by atoms with Crippen molar-refractivity contribution in [2.75, 3.05) is 0 Å². The maximum Gasteiger partial charge on any atom is 0.165 e. The zero-order chi connectivity index (χ0) is 11.7. The van der Waals surface area contributed by atoms with Gasteiger partial charge in [-0.05, 0) is 49.9 Å². The predicted octanol–water partition coefficient (Wildman–Crippen LogP) is 3.60. The molecule has 0 bridgehead atoms. The number of carbonyl (C=O) groups excluding carboxylic acids is 1. The molecule has 2 nitrogen and oxygen atoms in total. The highest BCUT2D eigenvalue weighted by Crippen LogP contribution is 2.30. The van der Waals surface area contributed by atoms with E-state index in [1.165, 1.54) is 25.7 Å². The number of ether oxygens (including phenoxy) is 1. The Hall–Kier alpha value is -1.31. The van der Waals surface area contributed by atoms with Crippen LogP contribution in [-0.2, 0) is 0 Å². The third kappa shape index (κ3) is 2.51. The Labute approximate surface area is 102 Å². The Morgan fingerprint density at radius 2 is 1.65 bits per heavy atom. The molecule has 1 aromatic carbocycles. The van der Waals surface area contributed by atoms with Gasteiger partial charge in [-0.1, -0.05) is 12.8 Å². The summed E-state index contributed by atoms with van der Waals surface area (Å²) in [6, 6.07) is 7.69. The van der Waals surface area contributed by atoms with Crippen LogP contribution >= 0.6 is 0 Å². The summed E-state index contributed by atoms with van der Waals surface area (Å²) in [6.45, 7) is 0. The molecule has 3 rings (SSSR count). The molecule has 0 saturated heterocycles. The summed E-state index contributed by atoms with van der Waals surface area (Å²) in [6.07, 6.45) is 7.31. The SMILES string of the molecule is O=C(c1ccc(OC2CC2)cc1)C1CCCC1. The van der Waals surface area contributed by atoms with Crippen LogP contribution in [0, 0.1) is 5.92 Å². The summed E-state index contributed by atoms with van der Waals surface area (Å²) in [5, 5.41) is 0. The van der Waals surface area contributed by atoms with Gasteiger partial charge in [-0.2, -0.15) is 0 Å². The van der Waals surface area contributed by atoms with E-state index in [9.17, 15) is 4.79 Å². The van der Waals surface area contributed by atoms with Crippen molar-refractivity contribution in [1.29, 1.82) is 0 Å². The quantitative estimate of drug-likeness (QED) is 0.739. The van der Waals surface area contributed by atoms with Gasteiger partial charge in [0.25, 0.3) is 0 Å². The fourth-order valence-electron chi connectivity index (χ4n) is 2.50. The molecule has 2 saturated carbocycles. The number of rotatable bonds is 4. The van der Waals surface area contributed by atoms with E-state index in [1.807, 2.05) is 24.3 Å². The molecule has 1 aromatic rings. The Morgan fingerprint density at radius 3 is 2.24 bits per heavy atom. The van der Waals surface area contributed by atoms with E-state index in [4.69, 9.17) is 4.74 Å². The molecule has 0 aromatic heterocycles. The van der Waals surface area contributed by atoms with Gasteiger partial charge < -0.3 is 4.74 Å². The van der Waals surface area contributed by atoms with Crippen molar-refractivity contribution >= 4 is 5.78 Å². The Balaban J connectivity index is 1.67. The molecule has 2 fully saturated rings. The van der Waals surface area contributed by atoms with Crippen LogP contribution in [0.15, 0.2) is 24.3 Å². The topological polar surface area (TPSA) is 26.3 Å². The summed E-state index contributed by atoms with van der Waals surface area (Å²) >= 11 is 0. The average molecular weight is 230 g/mol. The van der Waals surface area contributed by atoms with Gasteiger partial charge in [-0.25, -0.2) is 0 Å². The van der Waals surface area contributed by atoms with Gasteiger partial charge in [-0.3, -0.25) is 4.79 Å². The monoisotopic (exact) mass is 230 g/mol. The smallest absolute Gasteiger partial charge is 0.165 e. The molecule has 0 aliphatic heterocycles.